The first kappa shape index (κ1) is 21.6. The van der Waals surface area contributed by atoms with E-state index < -0.39 is 0 Å². The number of fused-ring (bicyclic) bond motifs is 3. The Morgan fingerprint density at radius 3 is 2.26 bits per heavy atom. The van der Waals surface area contributed by atoms with E-state index in [4.69, 9.17) is 17.0 Å². The maximum atomic E-state index is 5.64. The molecule has 0 atom stereocenters. The molecule has 0 radical (unpaired) electrons. The van der Waals surface area contributed by atoms with Crippen LogP contribution in [-0.2, 0) is 24.0 Å². The molecule has 27 heavy (non-hydrogen) atoms. The molecule has 1 aliphatic carbocycles. The van der Waals surface area contributed by atoms with E-state index in [0.717, 1.165) is 50.6 Å². The fourth-order valence-corrected chi connectivity index (χ4v) is 3.95. The summed E-state index contributed by atoms with van der Waals surface area (Å²) >= 11 is 5.64. The van der Waals surface area contributed by atoms with Gasteiger partial charge in [-0.1, -0.05) is 82.4 Å². The highest BCUT2D eigenvalue weighted by molar-refractivity contribution is 7.80. The van der Waals surface area contributed by atoms with Gasteiger partial charge in [0.05, 0.1) is 18.2 Å². The van der Waals surface area contributed by atoms with Gasteiger partial charge in [0, 0.05) is 19.5 Å². The van der Waals surface area contributed by atoms with Crippen LogP contribution in [0.15, 0.2) is 42.5 Å². The van der Waals surface area contributed by atoms with E-state index in [0.29, 0.717) is 0 Å². The van der Waals surface area contributed by atoms with Gasteiger partial charge in [-0.15, -0.1) is 0 Å². The van der Waals surface area contributed by atoms with E-state index in [-0.39, 0.29) is 0 Å². The Balaban J connectivity index is 0.000000614. The third-order valence-corrected chi connectivity index (χ3v) is 5.26. The molecule has 1 fully saturated rings. The van der Waals surface area contributed by atoms with Crippen LogP contribution in [-0.4, -0.2) is 36.2 Å². The molecule has 0 N–H and O–H groups in total. The van der Waals surface area contributed by atoms with Crippen LogP contribution in [0.3, 0.4) is 0 Å². The summed E-state index contributed by atoms with van der Waals surface area (Å²) < 4.78 is 5.41. The van der Waals surface area contributed by atoms with Crippen LogP contribution in [0.2, 0.25) is 0 Å². The molecule has 2 aromatic carbocycles. The lowest BCUT2D eigenvalue weighted by atomic mass is 9.84. The number of benzene rings is 2. The van der Waals surface area contributed by atoms with E-state index in [2.05, 4.69) is 47.4 Å². The fourth-order valence-electron chi connectivity index (χ4n) is 3.60. The van der Waals surface area contributed by atoms with Crippen molar-refractivity contribution in [2.24, 2.45) is 0 Å². The first-order valence-electron chi connectivity index (χ1n) is 10.4. The van der Waals surface area contributed by atoms with Crippen LogP contribution in [0, 0.1) is 0 Å². The zero-order chi connectivity index (χ0) is 19.6. The van der Waals surface area contributed by atoms with Crippen LogP contribution in [0.5, 0.6) is 0 Å². The van der Waals surface area contributed by atoms with Crippen LogP contribution < -0.4 is 0 Å². The number of hydrogen-bond acceptors (Lipinski definition) is 2. The molecule has 0 unspecified atom stereocenters. The largest absolute Gasteiger partial charge is 0.378 e. The number of morpholine rings is 1. The maximum Gasteiger partial charge on any atom is 0.0825 e. The molecule has 2 aliphatic rings. The van der Waals surface area contributed by atoms with Crippen molar-refractivity contribution in [3.8, 4) is 11.1 Å². The van der Waals surface area contributed by atoms with Crippen molar-refractivity contribution in [1.82, 2.24) is 4.90 Å². The number of ether oxygens (including phenoxy) is 1. The normalized spacial score (nSPS) is 14.6. The van der Waals surface area contributed by atoms with Crippen LogP contribution in [0.25, 0.3) is 11.1 Å². The second kappa shape index (κ2) is 11.2. The summed E-state index contributed by atoms with van der Waals surface area (Å²) in [5.41, 5.74) is 7.06. The van der Waals surface area contributed by atoms with Gasteiger partial charge in [-0.3, -0.25) is 0 Å². The summed E-state index contributed by atoms with van der Waals surface area (Å²) in [7, 11) is 0. The summed E-state index contributed by atoms with van der Waals surface area (Å²) in [5.74, 6) is 0. The molecule has 2 nitrogen and oxygen atoms in total. The van der Waals surface area contributed by atoms with Gasteiger partial charge in [0.2, 0.25) is 0 Å². The third kappa shape index (κ3) is 5.40. The van der Waals surface area contributed by atoms with E-state index in [1.807, 2.05) is 27.7 Å². The van der Waals surface area contributed by atoms with Gasteiger partial charge >= 0.3 is 0 Å². The standard InChI is InChI=1S/C20H21NOS.2C2H6/c23-20(21-9-11-22-12-10-21)14-15-5-8-19-17(13-15)7-6-16-3-1-2-4-18(16)19;2*1-2/h1-5,8,13H,6-7,9-12,14H2;2*1-2H3. The molecule has 3 heteroatoms. The summed E-state index contributed by atoms with van der Waals surface area (Å²) in [6.45, 7) is 11.4. The van der Waals surface area contributed by atoms with Gasteiger partial charge in [-0.2, -0.15) is 0 Å². The molecule has 1 saturated heterocycles. The van der Waals surface area contributed by atoms with Crippen LogP contribution in [0.1, 0.15) is 44.4 Å². The Morgan fingerprint density at radius 2 is 1.52 bits per heavy atom. The molecule has 0 amide bonds. The molecule has 146 valence electrons. The molecule has 1 aliphatic heterocycles. The van der Waals surface area contributed by atoms with E-state index in [1.54, 1.807) is 0 Å². The second-order valence-electron chi connectivity index (χ2n) is 6.32. The van der Waals surface area contributed by atoms with E-state index in [9.17, 15) is 0 Å². The van der Waals surface area contributed by atoms with Gasteiger partial charge in [0.25, 0.3) is 0 Å². The average Bonchev–Trinajstić information content (AvgIpc) is 2.77. The maximum absolute atomic E-state index is 5.64. The second-order valence-corrected chi connectivity index (χ2v) is 6.79. The van der Waals surface area contributed by atoms with E-state index in [1.165, 1.54) is 27.8 Å². The number of thiocarbonyl (C=S) groups is 1. The summed E-state index contributed by atoms with van der Waals surface area (Å²) in [6, 6.07) is 15.6. The first-order valence-corrected chi connectivity index (χ1v) is 10.8. The Morgan fingerprint density at radius 1 is 0.889 bits per heavy atom. The van der Waals surface area contributed by atoms with Crippen molar-refractivity contribution in [3.63, 3.8) is 0 Å². The highest BCUT2D eigenvalue weighted by atomic mass is 32.1. The minimum Gasteiger partial charge on any atom is -0.378 e. The van der Waals surface area contributed by atoms with Crippen LogP contribution in [0.4, 0.5) is 0 Å². The molecule has 4 rings (SSSR count). The Bertz CT molecular complexity index is 735. The molecule has 2 aromatic rings. The summed E-state index contributed by atoms with van der Waals surface area (Å²) in [5, 5.41) is 0. The molecule has 0 aromatic heterocycles. The monoisotopic (exact) mass is 383 g/mol. The summed E-state index contributed by atoms with van der Waals surface area (Å²) in [4.78, 5) is 3.33. The van der Waals surface area contributed by atoms with Crippen molar-refractivity contribution >= 4 is 17.2 Å². The van der Waals surface area contributed by atoms with Crippen molar-refractivity contribution in [2.45, 2.75) is 47.0 Å². The van der Waals surface area contributed by atoms with Gasteiger partial charge in [-0.25, -0.2) is 0 Å². The van der Waals surface area contributed by atoms with Crippen molar-refractivity contribution in [2.75, 3.05) is 26.3 Å². The smallest absolute Gasteiger partial charge is 0.0825 e. The highest BCUT2D eigenvalue weighted by Crippen LogP contribution is 2.33. The minimum absolute atomic E-state index is 0.793. The fraction of sp³-hybridized carbons (Fsp3) is 0.458. The number of nitrogens with zero attached hydrogens (tertiary/aromatic N) is 1. The SMILES string of the molecule is CC.CC.S=C(Cc1ccc2c(c1)CCc1ccccc1-2)N1CCOCC1. The lowest BCUT2D eigenvalue weighted by Gasteiger charge is -2.29. The molecular weight excluding hydrogens is 350 g/mol. The molecule has 1 heterocycles. The lowest BCUT2D eigenvalue weighted by molar-refractivity contribution is 0.0684. The summed E-state index contributed by atoms with van der Waals surface area (Å²) in [6.07, 6.45) is 3.13. The first-order chi connectivity index (χ1) is 13.3. The van der Waals surface area contributed by atoms with Crippen molar-refractivity contribution in [1.29, 1.82) is 0 Å². The lowest BCUT2D eigenvalue weighted by Crippen LogP contribution is -2.40. The zero-order valence-corrected chi connectivity index (χ0v) is 18.1. The molecule has 0 saturated carbocycles. The number of aryl methyl sites for hydroxylation is 2. The quantitative estimate of drug-likeness (QED) is 0.617. The predicted octanol–water partition coefficient (Wildman–Crippen LogP) is 5.71. The molecule has 0 bridgehead atoms. The number of hydrogen-bond donors (Lipinski definition) is 0. The number of rotatable bonds is 2. The minimum atomic E-state index is 0.793. The predicted molar refractivity (Wildman–Crippen MR) is 121 cm³/mol. The molecular formula is C24H33NOS. The van der Waals surface area contributed by atoms with E-state index >= 15 is 0 Å². The van der Waals surface area contributed by atoms with Gasteiger partial charge in [0.1, 0.15) is 0 Å². The molecule has 0 spiro atoms. The Hall–Kier alpha value is -1.71. The van der Waals surface area contributed by atoms with Gasteiger partial charge in [-0.05, 0) is 40.7 Å². The average molecular weight is 384 g/mol. The Kier molecular flexibility index (Phi) is 8.96. The Labute approximate surface area is 170 Å². The van der Waals surface area contributed by atoms with Crippen molar-refractivity contribution < 1.29 is 4.74 Å². The topological polar surface area (TPSA) is 12.5 Å². The third-order valence-electron chi connectivity index (χ3n) is 4.86. The van der Waals surface area contributed by atoms with Crippen molar-refractivity contribution in [3.05, 3.63) is 59.2 Å². The van der Waals surface area contributed by atoms with Crippen LogP contribution >= 0.6 is 12.2 Å². The van der Waals surface area contributed by atoms with Gasteiger partial charge in [0.15, 0.2) is 0 Å². The zero-order valence-electron chi connectivity index (χ0n) is 17.3. The van der Waals surface area contributed by atoms with Gasteiger partial charge < -0.3 is 9.64 Å². The highest BCUT2D eigenvalue weighted by Gasteiger charge is 2.17.